The summed E-state index contributed by atoms with van der Waals surface area (Å²) in [4.78, 5) is 8.90. The van der Waals surface area contributed by atoms with Crippen molar-refractivity contribution in [2.24, 2.45) is 11.1 Å². The predicted molar refractivity (Wildman–Crippen MR) is 48.6 cm³/mol. The Morgan fingerprint density at radius 1 is 1.31 bits per heavy atom. The molecule has 16 heavy (non-hydrogen) atoms. The van der Waals surface area contributed by atoms with Gasteiger partial charge in [0.15, 0.2) is 0 Å². The van der Waals surface area contributed by atoms with Crippen molar-refractivity contribution in [2.75, 3.05) is 6.61 Å². The predicted octanol–water partition coefficient (Wildman–Crippen LogP) is 0.883. The van der Waals surface area contributed by atoms with Gasteiger partial charge in [0.05, 0.1) is 0 Å². The number of carboxylic acid groups (broad SMARTS) is 1. The van der Waals surface area contributed by atoms with Gasteiger partial charge >= 0.3 is 12.1 Å². The number of nitrogens with two attached hydrogens (primary N) is 1. The summed E-state index contributed by atoms with van der Waals surface area (Å²) in [5.74, 6) is -2.76. The summed E-state index contributed by atoms with van der Waals surface area (Å²) in [6, 6.07) is 0. The van der Waals surface area contributed by atoms with Crippen LogP contribution in [0.5, 0.6) is 0 Å². The maximum absolute atomic E-state index is 10.6. The molecule has 0 unspecified atom stereocenters. The standard InChI is InChI=1S/C7H13NO.C2HF3O2/c8-7-2-1-6(3-7,4-7)5-9;3-2(4,5)1(6)7/h9H,1-5,8H2;(H,6,7). The van der Waals surface area contributed by atoms with Crippen molar-refractivity contribution in [3.05, 3.63) is 0 Å². The minimum Gasteiger partial charge on any atom is -0.475 e. The smallest absolute Gasteiger partial charge is 0.475 e. The highest BCUT2D eigenvalue weighted by molar-refractivity contribution is 5.73. The molecule has 0 saturated heterocycles. The van der Waals surface area contributed by atoms with E-state index in [1.54, 1.807) is 0 Å². The molecule has 0 aromatic heterocycles. The summed E-state index contributed by atoms with van der Waals surface area (Å²) in [6.45, 7) is 0.353. The largest absolute Gasteiger partial charge is 0.490 e. The number of hydrogen-bond acceptors (Lipinski definition) is 3. The molecule has 3 aliphatic rings. The van der Waals surface area contributed by atoms with Crippen LogP contribution in [0.25, 0.3) is 0 Å². The maximum Gasteiger partial charge on any atom is 0.490 e. The van der Waals surface area contributed by atoms with Crippen molar-refractivity contribution in [3.8, 4) is 0 Å². The van der Waals surface area contributed by atoms with Crippen LogP contribution in [0, 0.1) is 5.41 Å². The van der Waals surface area contributed by atoms with Gasteiger partial charge in [-0.3, -0.25) is 0 Å². The Morgan fingerprint density at radius 3 is 1.88 bits per heavy atom. The summed E-state index contributed by atoms with van der Waals surface area (Å²) in [6.07, 6.45) is -0.666. The first-order chi connectivity index (χ1) is 7.13. The fourth-order valence-corrected chi connectivity index (χ4v) is 2.50. The van der Waals surface area contributed by atoms with Crippen LogP contribution >= 0.6 is 0 Å². The van der Waals surface area contributed by atoms with Gasteiger partial charge in [-0.15, -0.1) is 0 Å². The highest BCUT2D eigenvalue weighted by Gasteiger charge is 2.57. The van der Waals surface area contributed by atoms with Crippen molar-refractivity contribution in [1.29, 1.82) is 0 Å². The van der Waals surface area contributed by atoms with Crippen molar-refractivity contribution >= 4 is 5.97 Å². The van der Waals surface area contributed by atoms with E-state index in [-0.39, 0.29) is 11.0 Å². The number of aliphatic carboxylic acids is 1. The molecule has 7 heteroatoms. The maximum atomic E-state index is 10.6. The molecule has 3 aliphatic carbocycles. The van der Waals surface area contributed by atoms with Crippen LogP contribution in [0.2, 0.25) is 0 Å². The summed E-state index contributed by atoms with van der Waals surface area (Å²) >= 11 is 0. The first-order valence-electron chi connectivity index (χ1n) is 4.82. The van der Waals surface area contributed by atoms with E-state index in [1.165, 1.54) is 0 Å². The Balaban J connectivity index is 0.000000168. The number of hydrogen-bond donors (Lipinski definition) is 3. The molecule has 94 valence electrons. The molecule has 3 rings (SSSR count). The Morgan fingerprint density at radius 2 is 1.75 bits per heavy atom. The third-order valence-electron chi connectivity index (χ3n) is 3.19. The highest BCUT2D eigenvalue weighted by atomic mass is 19.4. The van der Waals surface area contributed by atoms with Gasteiger partial charge in [0.2, 0.25) is 0 Å². The number of fused-ring (bicyclic) bond motifs is 1. The summed E-state index contributed by atoms with van der Waals surface area (Å²) in [7, 11) is 0. The van der Waals surface area contributed by atoms with E-state index < -0.39 is 12.1 Å². The van der Waals surface area contributed by atoms with Gasteiger partial charge in [-0.05, 0) is 31.1 Å². The third-order valence-corrected chi connectivity index (χ3v) is 3.19. The summed E-state index contributed by atoms with van der Waals surface area (Å²) in [5, 5.41) is 16.0. The normalized spacial score (nSPS) is 36.1. The van der Waals surface area contributed by atoms with Crippen LogP contribution in [-0.2, 0) is 4.79 Å². The van der Waals surface area contributed by atoms with Gasteiger partial charge in [-0.2, -0.15) is 13.2 Å². The van der Waals surface area contributed by atoms with E-state index >= 15 is 0 Å². The number of halogens is 3. The second kappa shape index (κ2) is 3.89. The SMILES string of the molecule is NC12CCC(CO)(C1)C2.O=C(O)C(F)(F)F. The lowest BCUT2D eigenvalue weighted by Gasteiger charge is -2.43. The van der Waals surface area contributed by atoms with Crippen LogP contribution in [0.3, 0.4) is 0 Å². The van der Waals surface area contributed by atoms with Crippen LogP contribution in [0.15, 0.2) is 0 Å². The first-order valence-corrected chi connectivity index (χ1v) is 4.82. The first kappa shape index (κ1) is 13.2. The zero-order chi connectivity index (χ0) is 12.6. The average molecular weight is 241 g/mol. The van der Waals surface area contributed by atoms with Crippen LogP contribution < -0.4 is 5.73 Å². The number of carboxylic acids is 1. The van der Waals surface area contributed by atoms with Crippen molar-refractivity contribution in [1.82, 2.24) is 0 Å². The average Bonchev–Trinajstić information content (AvgIpc) is 2.57. The van der Waals surface area contributed by atoms with E-state index in [4.69, 9.17) is 20.7 Å². The molecule has 0 aromatic rings. The van der Waals surface area contributed by atoms with Crippen molar-refractivity contribution < 1.29 is 28.2 Å². The zero-order valence-electron chi connectivity index (χ0n) is 8.55. The Kier molecular flexibility index (Phi) is 3.22. The lowest BCUT2D eigenvalue weighted by molar-refractivity contribution is -0.192. The number of carbonyl (C=O) groups is 1. The number of aliphatic hydroxyl groups is 1. The molecule has 3 fully saturated rings. The molecule has 0 radical (unpaired) electrons. The zero-order valence-corrected chi connectivity index (χ0v) is 8.55. The molecular formula is C9H14F3NO3. The molecule has 3 saturated carbocycles. The number of aliphatic hydroxyl groups excluding tert-OH is 1. The number of alkyl halides is 3. The number of rotatable bonds is 1. The van der Waals surface area contributed by atoms with Gasteiger partial charge in [-0.1, -0.05) is 0 Å². The Labute approximate surface area is 90.2 Å². The van der Waals surface area contributed by atoms with E-state index in [0.717, 1.165) is 25.7 Å². The summed E-state index contributed by atoms with van der Waals surface area (Å²) in [5.41, 5.74) is 6.31. The third kappa shape index (κ3) is 2.65. The quantitative estimate of drug-likeness (QED) is 0.636. The second-order valence-corrected chi connectivity index (χ2v) is 4.68. The van der Waals surface area contributed by atoms with E-state index in [2.05, 4.69) is 0 Å². The van der Waals surface area contributed by atoms with Gasteiger partial charge < -0.3 is 15.9 Å². The lowest BCUT2D eigenvalue weighted by atomic mass is 9.66. The minimum absolute atomic E-state index is 0.142. The van der Waals surface area contributed by atoms with E-state index in [1.807, 2.05) is 0 Å². The van der Waals surface area contributed by atoms with E-state index in [9.17, 15) is 13.2 Å². The van der Waals surface area contributed by atoms with Crippen molar-refractivity contribution in [2.45, 2.75) is 37.4 Å². The molecule has 0 aliphatic heterocycles. The lowest BCUT2D eigenvalue weighted by Crippen LogP contribution is -2.51. The molecule has 0 spiro atoms. The molecule has 0 atom stereocenters. The fraction of sp³-hybridized carbons (Fsp3) is 0.889. The van der Waals surface area contributed by atoms with Gasteiger partial charge in [0, 0.05) is 12.1 Å². The monoisotopic (exact) mass is 241 g/mol. The van der Waals surface area contributed by atoms with Crippen molar-refractivity contribution in [3.63, 3.8) is 0 Å². The van der Waals surface area contributed by atoms with Gasteiger partial charge in [-0.25, -0.2) is 4.79 Å². The van der Waals surface area contributed by atoms with Crippen LogP contribution in [0.4, 0.5) is 13.2 Å². The second-order valence-electron chi connectivity index (χ2n) is 4.68. The van der Waals surface area contributed by atoms with Crippen LogP contribution in [-0.4, -0.2) is 34.5 Å². The Bertz CT molecular complexity index is 284. The topological polar surface area (TPSA) is 83.5 Å². The highest BCUT2D eigenvalue weighted by Crippen LogP contribution is 2.59. The van der Waals surface area contributed by atoms with E-state index in [0.29, 0.717) is 6.61 Å². The molecule has 2 bridgehead atoms. The molecule has 4 nitrogen and oxygen atoms in total. The minimum atomic E-state index is -5.08. The molecule has 4 N–H and O–H groups in total. The summed E-state index contributed by atoms with van der Waals surface area (Å²) < 4.78 is 31.7. The van der Waals surface area contributed by atoms with Gasteiger partial charge in [0.1, 0.15) is 0 Å². The van der Waals surface area contributed by atoms with Gasteiger partial charge in [0.25, 0.3) is 0 Å². The van der Waals surface area contributed by atoms with Crippen LogP contribution in [0.1, 0.15) is 25.7 Å². The molecule has 0 heterocycles. The fourth-order valence-electron chi connectivity index (χ4n) is 2.50. The molecular weight excluding hydrogens is 227 g/mol. The molecule has 0 amide bonds. The Hall–Kier alpha value is -0.820. The molecule has 0 aromatic carbocycles.